The second kappa shape index (κ2) is 10.4. The number of carbonyl (C=O) groups is 2. The summed E-state index contributed by atoms with van der Waals surface area (Å²) in [6, 6.07) is 0. The number of aliphatic hydroxyl groups excluding tert-OH is 1. The normalized spacial score (nSPS) is 9.88. The van der Waals surface area contributed by atoms with Crippen LogP contribution >= 0.6 is 0 Å². The van der Waals surface area contributed by atoms with Crippen LogP contribution in [0.25, 0.3) is 0 Å². The Morgan fingerprint density at radius 1 is 1.00 bits per heavy atom. The summed E-state index contributed by atoms with van der Waals surface area (Å²) in [4.78, 5) is 21.9. The van der Waals surface area contributed by atoms with Crippen LogP contribution in [0.15, 0.2) is 0 Å². The number of carbonyl (C=O) groups excluding carboxylic acids is 2. The largest absolute Gasteiger partial charge is 0.396 e. The van der Waals surface area contributed by atoms with Crippen LogP contribution in [0.2, 0.25) is 0 Å². The maximum Gasteiger partial charge on any atom is 0.239 e. The number of unbranched alkanes of at least 4 members (excludes halogenated alkanes) is 3. The van der Waals surface area contributed by atoms with E-state index in [0.29, 0.717) is 6.54 Å². The topological polar surface area (TPSA) is 104 Å². The van der Waals surface area contributed by atoms with Gasteiger partial charge in [0.15, 0.2) is 0 Å². The Balaban J connectivity index is 3.27. The highest BCUT2D eigenvalue weighted by Gasteiger charge is 2.02. The molecule has 16 heavy (non-hydrogen) atoms. The number of amides is 2. The highest BCUT2D eigenvalue weighted by atomic mass is 16.3. The monoisotopic (exact) mass is 231 g/mol. The van der Waals surface area contributed by atoms with Gasteiger partial charge in [-0.2, -0.15) is 0 Å². The Labute approximate surface area is 95.6 Å². The van der Waals surface area contributed by atoms with Crippen molar-refractivity contribution in [3.05, 3.63) is 0 Å². The maximum atomic E-state index is 11.1. The molecule has 0 rings (SSSR count). The lowest BCUT2D eigenvalue weighted by atomic mass is 10.2. The fourth-order valence-corrected chi connectivity index (χ4v) is 1.13. The Morgan fingerprint density at radius 2 is 1.69 bits per heavy atom. The minimum atomic E-state index is -0.335. The summed E-state index contributed by atoms with van der Waals surface area (Å²) < 4.78 is 0. The van der Waals surface area contributed by atoms with Crippen LogP contribution in [0.1, 0.15) is 25.7 Å². The maximum absolute atomic E-state index is 11.1. The molecule has 0 radical (unpaired) electrons. The average Bonchev–Trinajstić information content (AvgIpc) is 2.30. The van der Waals surface area contributed by atoms with Gasteiger partial charge in [-0.05, 0) is 12.8 Å². The Morgan fingerprint density at radius 3 is 2.31 bits per heavy atom. The Bertz CT molecular complexity index is 209. The Hall–Kier alpha value is -1.14. The molecule has 6 heteroatoms. The molecule has 0 aromatic rings. The Kier molecular flexibility index (Phi) is 9.64. The second-order valence-electron chi connectivity index (χ2n) is 3.47. The van der Waals surface area contributed by atoms with Crippen LogP contribution in [0.5, 0.6) is 0 Å². The molecule has 0 bridgehead atoms. The number of rotatable bonds is 9. The van der Waals surface area contributed by atoms with Crippen molar-refractivity contribution in [2.45, 2.75) is 25.7 Å². The predicted octanol–water partition coefficient (Wildman–Crippen LogP) is -1.27. The molecule has 94 valence electrons. The molecule has 0 heterocycles. The van der Waals surface area contributed by atoms with E-state index in [-0.39, 0.29) is 31.5 Å². The van der Waals surface area contributed by atoms with Crippen LogP contribution in [0.4, 0.5) is 0 Å². The molecule has 0 aliphatic carbocycles. The highest BCUT2D eigenvalue weighted by molar-refractivity contribution is 5.85. The minimum Gasteiger partial charge on any atom is -0.396 e. The summed E-state index contributed by atoms with van der Waals surface area (Å²) in [6.45, 7) is 0.696. The van der Waals surface area contributed by atoms with Gasteiger partial charge in [0.2, 0.25) is 11.8 Å². The first-order valence-electron chi connectivity index (χ1n) is 5.55. The van der Waals surface area contributed by atoms with Gasteiger partial charge in [-0.25, -0.2) is 0 Å². The van der Waals surface area contributed by atoms with Crippen LogP contribution < -0.4 is 16.4 Å². The third kappa shape index (κ3) is 9.42. The molecule has 0 aliphatic rings. The third-order valence-corrected chi connectivity index (χ3v) is 2.04. The standard InChI is InChI=1S/C10H21N3O3/c11-7-9(15)13-8-10(16)12-5-3-1-2-4-6-14/h14H,1-8,11H2,(H,12,16)(H,13,15). The lowest BCUT2D eigenvalue weighted by Gasteiger charge is -2.05. The molecule has 6 nitrogen and oxygen atoms in total. The molecule has 0 saturated carbocycles. The van der Waals surface area contributed by atoms with Crippen molar-refractivity contribution < 1.29 is 14.7 Å². The zero-order valence-electron chi connectivity index (χ0n) is 9.50. The number of nitrogens with one attached hydrogen (secondary N) is 2. The summed E-state index contributed by atoms with van der Waals surface area (Å²) in [5.74, 6) is -0.540. The zero-order chi connectivity index (χ0) is 12.2. The summed E-state index contributed by atoms with van der Waals surface area (Å²) in [7, 11) is 0. The molecule has 0 aliphatic heterocycles. The van der Waals surface area contributed by atoms with Gasteiger partial charge in [0.05, 0.1) is 13.1 Å². The van der Waals surface area contributed by atoms with Crippen molar-refractivity contribution in [2.24, 2.45) is 5.73 Å². The first-order chi connectivity index (χ1) is 7.70. The van der Waals surface area contributed by atoms with Crippen molar-refractivity contribution >= 4 is 11.8 Å². The molecule has 0 saturated heterocycles. The van der Waals surface area contributed by atoms with Gasteiger partial charge in [0.25, 0.3) is 0 Å². The molecular weight excluding hydrogens is 210 g/mol. The van der Waals surface area contributed by atoms with Crippen LogP contribution in [0, 0.1) is 0 Å². The molecule has 0 aromatic heterocycles. The summed E-state index contributed by atoms with van der Waals surface area (Å²) in [5, 5.41) is 13.6. The first-order valence-corrected chi connectivity index (χ1v) is 5.55. The molecule has 0 spiro atoms. The average molecular weight is 231 g/mol. The van der Waals surface area contributed by atoms with Crippen molar-refractivity contribution in [1.82, 2.24) is 10.6 Å². The molecule has 0 fully saturated rings. The van der Waals surface area contributed by atoms with E-state index in [1.165, 1.54) is 0 Å². The van der Waals surface area contributed by atoms with Gasteiger partial charge < -0.3 is 21.5 Å². The molecule has 0 atom stereocenters. The summed E-state index contributed by atoms with van der Waals surface area (Å²) >= 11 is 0. The second-order valence-corrected chi connectivity index (χ2v) is 3.47. The number of nitrogens with two attached hydrogens (primary N) is 1. The van der Waals surface area contributed by atoms with Crippen molar-refractivity contribution in [3.8, 4) is 0 Å². The number of hydrogen-bond donors (Lipinski definition) is 4. The third-order valence-electron chi connectivity index (χ3n) is 2.04. The molecule has 2 amide bonds. The predicted molar refractivity (Wildman–Crippen MR) is 60.6 cm³/mol. The van der Waals surface area contributed by atoms with Crippen LogP contribution in [-0.4, -0.2) is 43.2 Å². The van der Waals surface area contributed by atoms with Gasteiger partial charge >= 0.3 is 0 Å². The van der Waals surface area contributed by atoms with E-state index in [1.54, 1.807) is 0 Å². The van der Waals surface area contributed by atoms with E-state index in [1.807, 2.05) is 0 Å². The quantitative estimate of drug-likeness (QED) is 0.371. The first kappa shape index (κ1) is 14.9. The van der Waals surface area contributed by atoms with E-state index in [2.05, 4.69) is 10.6 Å². The lowest BCUT2D eigenvalue weighted by Crippen LogP contribution is -2.39. The fourth-order valence-electron chi connectivity index (χ4n) is 1.13. The van der Waals surface area contributed by atoms with Gasteiger partial charge in [-0.15, -0.1) is 0 Å². The summed E-state index contributed by atoms with van der Waals surface area (Å²) in [6.07, 6.45) is 3.64. The molecule has 0 unspecified atom stereocenters. The fraction of sp³-hybridized carbons (Fsp3) is 0.800. The van der Waals surface area contributed by atoms with E-state index in [0.717, 1.165) is 25.7 Å². The smallest absolute Gasteiger partial charge is 0.239 e. The van der Waals surface area contributed by atoms with Crippen LogP contribution in [-0.2, 0) is 9.59 Å². The number of hydrogen-bond acceptors (Lipinski definition) is 4. The van der Waals surface area contributed by atoms with Gasteiger partial charge in [-0.1, -0.05) is 12.8 Å². The van der Waals surface area contributed by atoms with E-state index in [9.17, 15) is 9.59 Å². The lowest BCUT2D eigenvalue weighted by molar-refractivity contribution is -0.125. The van der Waals surface area contributed by atoms with E-state index in [4.69, 9.17) is 10.8 Å². The van der Waals surface area contributed by atoms with Gasteiger partial charge in [0.1, 0.15) is 0 Å². The van der Waals surface area contributed by atoms with Crippen LogP contribution in [0.3, 0.4) is 0 Å². The highest BCUT2D eigenvalue weighted by Crippen LogP contribution is 1.97. The van der Waals surface area contributed by atoms with Crippen molar-refractivity contribution in [1.29, 1.82) is 0 Å². The van der Waals surface area contributed by atoms with E-state index < -0.39 is 0 Å². The SMILES string of the molecule is NCC(=O)NCC(=O)NCCCCCCO. The van der Waals surface area contributed by atoms with Gasteiger partial charge in [0, 0.05) is 13.2 Å². The zero-order valence-corrected chi connectivity index (χ0v) is 9.50. The van der Waals surface area contributed by atoms with E-state index >= 15 is 0 Å². The molecule has 0 aromatic carbocycles. The molecular formula is C10H21N3O3. The number of aliphatic hydroxyl groups is 1. The van der Waals surface area contributed by atoms with Gasteiger partial charge in [-0.3, -0.25) is 9.59 Å². The summed E-state index contributed by atoms with van der Waals surface area (Å²) in [5.41, 5.74) is 5.06. The van der Waals surface area contributed by atoms with Crippen molar-refractivity contribution in [3.63, 3.8) is 0 Å². The molecule has 5 N–H and O–H groups in total. The minimum absolute atomic E-state index is 0.0212. The van der Waals surface area contributed by atoms with Crippen molar-refractivity contribution in [2.75, 3.05) is 26.2 Å².